The van der Waals surface area contributed by atoms with Crippen molar-refractivity contribution < 1.29 is 19.5 Å². The largest absolute Gasteiger partial charge is 0.478 e. The number of hydrogen-bond acceptors (Lipinski definition) is 3. The second kappa shape index (κ2) is 4.30. The summed E-state index contributed by atoms with van der Waals surface area (Å²) in [5, 5.41) is 8.67. The molecule has 1 N–H and O–H groups in total. The van der Waals surface area contributed by atoms with E-state index in [2.05, 4.69) is 0 Å². The zero-order valence-corrected chi connectivity index (χ0v) is 10.9. The minimum absolute atomic E-state index is 0.137. The number of piperidine rings is 1. The average Bonchev–Trinajstić information content (AvgIpc) is 3.14. The van der Waals surface area contributed by atoms with Crippen molar-refractivity contribution in [3.63, 3.8) is 0 Å². The van der Waals surface area contributed by atoms with E-state index in [4.69, 9.17) is 5.11 Å². The maximum absolute atomic E-state index is 12.0. The van der Waals surface area contributed by atoms with Gasteiger partial charge in [0.2, 0.25) is 11.8 Å². The lowest BCUT2D eigenvalue weighted by atomic mass is 10.1. The molecule has 5 heteroatoms. The van der Waals surface area contributed by atoms with Crippen molar-refractivity contribution in [3.05, 3.63) is 35.4 Å². The molecule has 1 heterocycles. The molecule has 1 aliphatic carbocycles. The third kappa shape index (κ3) is 1.91. The van der Waals surface area contributed by atoms with Gasteiger partial charge in [-0.3, -0.25) is 14.5 Å². The summed E-state index contributed by atoms with van der Waals surface area (Å²) in [4.78, 5) is 35.8. The molecule has 0 bridgehead atoms. The minimum Gasteiger partial charge on any atom is -0.478 e. The first-order valence-corrected chi connectivity index (χ1v) is 6.38. The van der Waals surface area contributed by atoms with Crippen LogP contribution in [-0.2, 0) is 14.4 Å². The molecule has 102 valence electrons. The minimum atomic E-state index is -1.04. The number of aryl methyl sites for hydroxylation is 1. The zero-order chi connectivity index (χ0) is 14.4. The topological polar surface area (TPSA) is 74.7 Å². The summed E-state index contributed by atoms with van der Waals surface area (Å²) in [5.41, 5.74) is 2.09. The van der Waals surface area contributed by atoms with Crippen molar-refractivity contribution in [2.45, 2.75) is 13.3 Å². The fraction of sp³-hybridized carbons (Fsp3) is 0.267. The number of carbonyl (C=O) groups is 3. The van der Waals surface area contributed by atoms with Crippen molar-refractivity contribution in [2.24, 2.45) is 11.8 Å². The van der Waals surface area contributed by atoms with E-state index in [0.717, 1.165) is 11.6 Å². The Morgan fingerprint density at radius 2 is 1.95 bits per heavy atom. The van der Waals surface area contributed by atoms with Crippen molar-refractivity contribution in [1.82, 2.24) is 0 Å². The van der Waals surface area contributed by atoms with E-state index in [1.54, 1.807) is 18.2 Å². The highest BCUT2D eigenvalue weighted by Gasteiger charge is 2.59. The Hall–Kier alpha value is -2.43. The van der Waals surface area contributed by atoms with Gasteiger partial charge in [-0.05, 0) is 42.7 Å². The average molecular weight is 271 g/mol. The fourth-order valence-corrected chi connectivity index (χ4v) is 2.54. The molecule has 2 unspecified atom stereocenters. The van der Waals surface area contributed by atoms with E-state index < -0.39 is 5.97 Å². The smallest absolute Gasteiger partial charge is 0.328 e. The molecule has 2 amide bonds. The first-order chi connectivity index (χ1) is 9.49. The van der Waals surface area contributed by atoms with Crippen LogP contribution in [0.1, 0.15) is 17.5 Å². The van der Waals surface area contributed by atoms with Gasteiger partial charge < -0.3 is 5.11 Å². The number of carboxylic acids is 1. The Morgan fingerprint density at radius 1 is 1.30 bits per heavy atom. The van der Waals surface area contributed by atoms with Crippen LogP contribution in [0.4, 0.5) is 5.69 Å². The molecule has 0 aromatic heterocycles. The number of carboxylic acid groups (broad SMARTS) is 1. The van der Waals surface area contributed by atoms with Gasteiger partial charge in [-0.15, -0.1) is 0 Å². The summed E-state index contributed by atoms with van der Waals surface area (Å²) >= 11 is 0. The van der Waals surface area contributed by atoms with Crippen LogP contribution in [-0.4, -0.2) is 22.9 Å². The molecule has 1 aromatic rings. The van der Waals surface area contributed by atoms with Crippen LogP contribution in [0.2, 0.25) is 0 Å². The van der Waals surface area contributed by atoms with Crippen LogP contribution < -0.4 is 4.90 Å². The van der Waals surface area contributed by atoms with E-state index in [0.29, 0.717) is 17.7 Å². The number of nitrogens with zero attached hydrogens (tertiary/aromatic N) is 1. The Morgan fingerprint density at radius 3 is 2.55 bits per heavy atom. The van der Waals surface area contributed by atoms with E-state index in [9.17, 15) is 14.4 Å². The molecule has 20 heavy (non-hydrogen) atoms. The van der Waals surface area contributed by atoms with Crippen molar-refractivity contribution >= 4 is 29.5 Å². The highest BCUT2D eigenvalue weighted by atomic mass is 16.4. The number of carbonyl (C=O) groups excluding carboxylic acids is 2. The second-order valence-corrected chi connectivity index (χ2v) is 5.17. The molecule has 5 nitrogen and oxygen atoms in total. The lowest BCUT2D eigenvalue weighted by molar-refractivity contribution is -0.131. The third-order valence-corrected chi connectivity index (χ3v) is 3.79. The Kier molecular flexibility index (Phi) is 2.71. The molecule has 2 atom stereocenters. The molecule has 0 spiro atoms. The van der Waals surface area contributed by atoms with Gasteiger partial charge in [0.25, 0.3) is 0 Å². The second-order valence-electron chi connectivity index (χ2n) is 5.17. The summed E-state index contributed by atoms with van der Waals surface area (Å²) in [6.45, 7) is 1.84. The number of hydrogen-bond donors (Lipinski definition) is 1. The number of imide groups is 1. The Bertz CT molecular complexity index is 642. The maximum Gasteiger partial charge on any atom is 0.328 e. The predicted molar refractivity (Wildman–Crippen MR) is 71.9 cm³/mol. The maximum atomic E-state index is 12.0. The summed E-state index contributed by atoms with van der Waals surface area (Å²) in [6, 6.07) is 5.17. The third-order valence-electron chi connectivity index (χ3n) is 3.79. The fourth-order valence-electron chi connectivity index (χ4n) is 2.54. The lowest BCUT2D eigenvalue weighted by Crippen LogP contribution is -2.32. The van der Waals surface area contributed by atoms with Crippen LogP contribution in [0.15, 0.2) is 24.3 Å². The Labute approximate surface area is 115 Å². The van der Waals surface area contributed by atoms with Crippen molar-refractivity contribution in [2.75, 3.05) is 4.90 Å². The SMILES string of the molecule is Cc1ccc(N2C(=O)C3CC3C2=O)cc1C=CC(=O)O. The molecule has 1 aromatic carbocycles. The van der Waals surface area contributed by atoms with Gasteiger partial charge >= 0.3 is 5.97 Å². The van der Waals surface area contributed by atoms with Gasteiger partial charge in [-0.1, -0.05) is 6.07 Å². The van der Waals surface area contributed by atoms with Crippen LogP contribution in [0.25, 0.3) is 6.08 Å². The van der Waals surface area contributed by atoms with Gasteiger partial charge in [-0.25, -0.2) is 4.79 Å². The molecule has 2 fully saturated rings. The zero-order valence-electron chi connectivity index (χ0n) is 10.9. The molecule has 1 aliphatic heterocycles. The van der Waals surface area contributed by atoms with Crippen LogP contribution in [0.5, 0.6) is 0 Å². The van der Waals surface area contributed by atoms with Crippen LogP contribution in [0, 0.1) is 18.8 Å². The molecular formula is C15H13NO4. The Balaban J connectivity index is 1.95. The van der Waals surface area contributed by atoms with Gasteiger partial charge in [0.05, 0.1) is 17.5 Å². The standard InChI is InChI=1S/C15H13NO4/c1-8-2-4-10(6-9(8)3-5-13(17)18)16-14(19)11-7-12(11)15(16)20/h2-6,11-12H,7H2,1H3,(H,17,18). The van der Waals surface area contributed by atoms with Crippen LogP contribution in [0.3, 0.4) is 0 Å². The number of aliphatic carboxylic acids is 1. The van der Waals surface area contributed by atoms with Gasteiger partial charge in [0.15, 0.2) is 0 Å². The molecule has 3 rings (SSSR count). The van der Waals surface area contributed by atoms with E-state index >= 15 is 0 Å². The predicted octanol–water partition coefficient (Wildman–Crippen LogP) is 1.60. The van der Waals surface area contributed by atoms with Crippen molar-refractivity contribution in [3.8, 4) is 0 Å². The van der Waals surface area contributed by atoms with Crippen LogP contribution >= 0.6 is 0 Å². The molecular weight excluding hydrogens is 258 g/mol. The molecule has 2 aliphatic rings. The number of rotatable bonds is 3. The summed E-state index contributed by atoms with van der Waals surface area (Å²) in [5.74, 6) is -1.60. The number of benzene rings is 1. The molecule has 1 saturated carbocycles. The normalized spacial score (nSPS) is 24.4. The highest BCUT2D eigenvalue weighted by Crippen LogP contribution is 2.48. The molecule has 0 radical (unpaired) electrons. The number of amides is 2. The van der Waals surface area contributed by atoms with Gasteiger partial charge in [0, 0.05) is 6.08 Å². The molecule has 1 saturated heterocycles. The highest BCUT2D eigenvalue weighted by molar-refractivity contribution is 6.24. The van der Waals surface area contributed by atoms with Crippen molar-refractivity contribution in [1.29, 1.82) is 0 Å². The van der Waals surface area contributed by atoms with E-state index in [1.165, 1.54) is 11.0 Å². The van der Waals surface area contributed by atoms with Gasteiger partial charge in [-0.2, -0.15) is 0 Å². The summed E-state index contributed by atoms with van der Waals surface area (Å²) in [7, 11) is 0. The summed E-state index contributed by atoms with van der Waals surface area (Å²) in [6.07, 6.45) is 3.18. The first-order valence-electron chi connectivity index (χ1n) is 6.38. The number of anilines is 1. The monoisotopic (exact) mass is 271 g/mol. The first kappa shape index (κ1) is 12.6. The van der Waals surface area contributed by atoms with E-state index in [1.807, 2.05) is 6.92 Å². The quantitative estimate of drug-likeness (QED) is 0.669. The van der Waals surface area contributed by atoms with Gasteiger partial charge in [0.1, 0.15) is 0 Å². The summed E-state index contributed by atoms with van der Waals surface area (Å²) < 4.78 is 0. The van der Waals surface area contributed by atoms with E-state index in [-0.39, 0.29) is 23.7 Å². The number of fused-ring (bicyclic) bond motifs is 1. The lowest BCUT2D eigenvalue weighted by Gasteiger charge is -2.17.